The average molecular weight is 264 g/mol. The van der Waals surface area contributed by atoms with Crippen LogP contribution in [0.4, 0.5) is 0 Å². The predicted molar refractivity (Wildman–Crippen MR) is 76.9 cm³/mol. The first-order valence-electron chi connectivity index (χ1n) is 6.76. The van der Waals surface area contributed by atoms with Crippen LogP contribution in [0.25, 0.3) is 0 Å². The molecule has 0 saturated heterocycles. The van der Waals surface area contributed by atoms with Gasteiger partial charge in [0.25, 0.3) is 5.91 Å². The fourth-order valence-corrected chi connectivity index (χ4v) is 1.63. The number of carbonyl (C=O) groups is 1. The smallest absolute Gasteiger partial charge is 0.260 e. The van der Waals surface area contributed by atoms with Gasteiger partial charge >= 0.3 is 0 Å². The number of hydrogen-bond acceptors (Lipinski definition) is 3. The summed E-state index contributed by atoms with van der Waals surface area (Å²) in [6.45, 7) is 7.16. The van der Waals surface area contributed by atoms with Crippen molar-refractivity contribution in [3.63, 3.8) is 0 Å². The summed E-state index contributed by atoms with van der Waals surface area (Å²) in [6, 6.07) is 7.50. The van der Waals surface area contributed by atoms with E-state index in [1.54, 1.807) is 6.92 Å². The van der Waals surface area contributed by atoms with Gasteiger partial charge in [-0.25, -0.2) is 0 Å². The van der Waals surface area contributed by atoms with E-state index in [4.69, 9.17) is 10.5 Å². The van der Waals surface area contributed by atoms with Crippen LogP contribution in [0.5, 0.6) is 5.75 Å². The van der Waals surface area contributed by atoms with Gasteiger partial charge in [0, 0.05) is 13.1 Å². The van der Waals surface area contributed by atoms with Gasteiger partial charge < -0.3 is 15.8 Å². The molecule has 0 saturated carbocycles. The molecule has 1 rings (SSSR count). The van der Waals surface area contributed by atoms with Crippen molar-refractivity contribution in [3.05, 3.63) is 29.8 Å². The SMILES string of the molecule is CC(C)CCNC(=O)C(C)Oc1cccc(CN)c1. The minimum atomic E-state index is -0.500. The van der Waals surface area contributed by atoms with E-state index in [9.17, 15) is 4.79 Å². The molecule has 1 atom stereocenters. The zero-order valence-electron chi connectivity index (χ0n) is 12.0. The number of nitrogens with two attached hydrogens (primary N) is 1. The van der Waals surface area contributed by atoms with E-state index < -0.39 is 6.10 Å². The van der Waals surface area contributed by atoms with Crippen molar-refractivity contribution in [3.8, 4) is 5.75 Å². The van der Waals surface area contributed by atoms with E-state index in [1.165, 1.54) is 0 Å². The molecule has 0 fully saturated rings. The molecular weight excluding hydrogens is 240 g/mol. The number of hydrogen-bond donors (Lipinski definition) is 2. The van der Waals surface area contributed by atoms with Gasteiger partial charge in [0.2, 0.25) is 0 Å². The average Bonchev–Trinajstić information content (AvgIpc) is 2.38. The molecule has 4 nitrogen and oxygen atoms in total. The second-order valence-corrected chi connectivity index (χ2v) is 5.09. The first kappa shape index (κ1) is 15.5. The van der Waals surface area contributed by atoms with E-state index >= 15 is 0 Å². The molecule has 1 unspecified atom stereocenters. The van der Waals surface area contributed by atoms with Crippen molar-refractivity contribution < 1.29 is 9.53 Å². The van der Waals surface area contributed by atoms with Crippen molar-refractivity contribution in [1.82, 2.24) is 5.32 Å². The lowest BCUT2D eigenvalue weighted by atomic mass is 10.1. The maximum atomic E-state index is 11.8. The molecular formula is C15H24N2O2. The molecule has 0 bridgehead atoms. The minimum absolute atomic E-state index is 0.0844. The molecule has 1 amide bonds. The normalized spacial score (nSPS) is 12.3. The van der Waals surface area contributed by atoms with Gasteiger partial charge in [-0.15, -0.1) is 0 Å². The molecule has 0 heterocycles. The van der Waals surface area contributed by atoms with E-state index in [2.05, 4.69) is 19.2 Å². The first-order valence-corrected chi connectivity index (χ1v) is 6.76. The van der Waals surface area contributed by atoms with Crippen molar-refractivity contribution >= 4 is 5.91 Å². The Morgan fingerprint density at radius 3 is 2.74 bits per heavy atom. The summed E-state index contributed by atoms with van der Waals surface area (Å²) >= 11 is 0. The van der Waals surface area contributed by atoms with Crippen LogP contribution in [0.3, 0.4) is 0 Å². The number of ether oxygens (including phenoxy) is 1. The molecule has 0 aliphatic carbocycles. The molecule has 0 radical (unpaired) electrons. The molecule has 0 aromatic heterocycles. The Bertz CT molecular complexity index is 405. The van der Waals surface area contributed by atoms with E-state index in [0.717, 1.165) is 12.0 Å². The van der Waals surface area contributed by atoms with Gasteiger partial charge in [-0.05, 0) is 37.0 Å². The highest BCUT2D eigenvalue weighted by molar-refractivity contribution is 5.80. The molecule has 0 spiro atoms. The Kier molecular flexibility index (Phi) is 6.36. The number of amides is 1. The van der Waals surface area contributed by atoms with Crippen LogP contribution < -0.4 is 15.8 Å². The maximum Gasteiger partial charge on any atom is 0.260 e. The van der Waals surface area contributed by atoms with Gasteiger partial charge in [0.1, 0.15) is 5.75 Å². The van der Waals surface area contributed by atoms with Crippen LogP contribution in [-0.2, 0) is 11.3 Å². The van der Waals surface area contributed by atoms with Crippen LogP contribution in [0.15, 0.2) is 24.3 Å². The molecule has 106 valence electrons. The first-order chi connectivity index (χ1) is 9.02. The fourth-order valence-electron chi connectivity index (χ4n) is 1.63. The minimum Gasteiger partial charge on any atom is -0.481 e. The van der Waals surface area contributed by atoms with Crippen LogP contribution in [-0.4, -0.2) is 18.6 Å². The van der Waals surface area contributed by atoms with E-state index in [-0.39, 0.29) is 5.91 Å². The number of benzene rings is 1. The second-order valence-electron chi connectivity index (χ2n) is 5.09. The second kappa shape index (κ2) is 7.79. The van der Waals surface area contributed by atoms with Crippen LogP contribution in [0.1, 0.15) is 32.8 Å². The van der Waals surface area contributed by atoms with Gasteiger partial charge in [-0.2, -0.15) is 0 Å². The molecule has 3 N–H and O–H groups in total. The van der Waals surface area contributed by atoms with Crippen molar-refractivity contribution in [2.75, 3.05) is 6.54 Å². The van der Waals surface area contributed by atoms with Gasteiger partial charge in [-0.1, -0.05) is 26.0 Å². The molecule has 0 aliphatic rings. The third kappa shape index (κ3) is 5.75. The Hall–Kier alpha value is -1.55. The maximum absolute atomic E-state index is 11.8. The number of carbonyl (C=O) groups excluding carboxylic acids is 1. The number of nitrogens with one attached hydrogen (secondary N) is 1. The Morgan fingerprint density at radius 1 is 1.37 bits per heavy atom. The summed E-state index contributed by atoms with van der Waals surface area (Å²) in [5, 5.41) is 2.87. The highest BCUT2D eigenvalue weighted by Crippen LogP contribution is 2.14. The van der Waals surface area contributed by atoms with Crippen LogP contribution in [0, 0.1) is 5.92 Å². The van der Waals surface area contributed by atoms with Gasteiger partial charge in [-0.3, -0.25) is 4.79 Å². The summed E-state index contributed by atoms with van der Waals surface area (Å²) < 4.78 is 5.61. The van der Waals surface area contributed by atoms with Crippen LogP contribution >= 0.6 is 0 Å². The van der Waals surface area contributed by atoms with Crippen molar-refractivity contribution in [2.24, 2.45) is 11.7 Å². The summed E-state index contributed by atoms with van der Waals surface area (Å²) in [5.41, 5.74) is 6.56. The largest absolute Gasteiger partial charge is 0.481 e. The third-order valence-corrected chi connectivity index (χ3v) is 2.84. The van der Waals surface area contributed by atoms with E-state index in [1.807, 2.05) is 24.3 Å². The lowest BCUT2D eigenvalue weighted by Crippen LogP contribution is -2.37. The standard InChI is InChI=1S/C15H24N2O2/c1-11(2)7-8-17-15(18)12(3)19-14-6-4-5-13(9-14)10-16/h4-6,9,11-12H,7-8,10,16H2,1-3H3,(H,17,18). The lowest BCUT2D eigenvalue weighted by Gasteiger charge is -2.15. The van der Waals surface area contributed by atoms with Crippen molar-refractivity contribution in [2.45, 2.75) is 39.8 Å². The highest BCUT2D eigenvalue weighted by Gasteiger charge is 2.14. The summed E-state index contributed by atoms with van der Waals surface area (Å²) in [5.74, 6) is 1.17. The highest BCUT2D eigenvalue weighted by atomic mass is 16.5. The Balaban J connectivity index is 2.44. The quantitative estimate of drug-likeness (QED) is 0.792. The Labute approximate surface area is 115 Å². The van der Waals surface area contributed by atoms with Crippen molar-refractivity contribution in [1.29, 1.82) is 0 Å². The fraction of sp³-hybridized carbons (Fsp3) is 0.533. The summed E-state index contributed by atoms with van der Waals surface area (Å²) in [7, 11) is 0. The molecule has 0 aliphatic heterocycles. The predicted octanol–water partition coefficient (Wildman–Crippen LogP) is 2.07. The lowest BCUT2D eigenvalue weighted by molar-refractivity contribution is -0.127. The van der Waals surface area contributed by atoms with Crippen LogP contribution in [0.2, 0.25) is 0 Å². The monoisotopic (exact) mass is 264 g/mol. The number of rotatable bonds is 7. The molecule has 1 aromatic rings. The summed E-state index contributed by atoms with van der Waals surface area (Å²) in [6.07, 6.45) is 0.474. The van der Waals surface area contributed by atoms with E-state index in [0.29, 0.717) is 24.8 Å². The Morgan fingerprint density at radius 2 is 2.11 bits per heavy atom. The topological polar surface area (TPSA) is 64.3 Å². The zero-order valence-corrected chi connectivity index (χ0v) is 12.0. The third-order valence-electron chi connectivity index (χ3n) is 2.84. The summed E-state index contributed by atoms with van der Waals surface area (Å²) in [4.78, 5) is 11.8. The zero-order chi connectivity index (χ0) is 14.3. The van der Waals surface area contributed by atoms with Gasteiger partial charge in [0.05, 0.1) is 0 Å². The molecule has 19 heavy (non-hydrogen) atoms. The molecule has 4 heteroatoms. The molecule has 1 aromatic carbocycles. The van der Waals surface area contributed by atoms with Gasteiger partial charge in [0.15, 0.2) is 6.10 Å².